The predicted octanol–water partition coefficient (Wildman–Crippen LogP) is 2.44. The standard InChI is InChI=1S/C19H31F2N5/c1-6-22-18(23-13-19(2,3)25(4)5)24-14-10-11-26(12-14)17-15(20)8-7-9-16(17)21/h7-9,14H,6,10-13H2,1-5H3,(H2,22,23,24). The summed E-state index contributed by atoms with van der Waals surface area (Å²) in [6.45, 7) is 8.85. The molecule has 0 aliphatic carbocycles. The number of rotatable bonds is 6. The van der Waals surface area contributed by atoms with E-state index < -0.39 is 11.6 Å². The topological polar surface area (TPSA) is 42.9 Å². The number of likely N-dealkylation sites (N-methyl/N-ethyl adjacent to an activating group) is 1. The molecular formula is C19H31F2N5. The molecule has 0 radical (unpaired) electrons. The van der Waals surface area contributed by atoms with Crippen molar-refractivity contribution >= 4 is 11.6 Å². The Kier molecular flexibility index (Phi) is 6.81. The van der Waals surface area contributed by atoms with Gasteiger partial charge in [0.25, 0.3) is 0 Å². The molecule has 0 bridgehead atoms. The van der Waals surface area contributed by atoms with Gasteiger partial charge in [-0.3, -0.25) is 4.99 Å². The second kappa shape index (κ2) is 8.66. The van der Waals surface area contributed by atoms with Crippen LogP contribution in [-0.4, -0.2) is 62.7 Å². The summed E-state index contributed by atoms with van der Waals surface area (Å²) in [5, 5.41) is 6.65. The van der Waals surface area contributed by atoms with E-state index in [-0.39, 0.29) is 17.3 Å². The van der Waals surface area contributed by atoms with Crippen LogP contribution < -0.4 is 15.5 Å². The molecule has 0 saturated carbocycles. The van der Waals surface area contributed by atoms with Crippen molar-refractivity contribution in [3.05, 3.63) is 29.8 Å². The number of guanidine groups is 1. The van der Waals surface area contributed by atoms with Gasteiger partial charge in [-0.25, -0.2) is 8.78 Å². The summed E-state index contributed by atoms with van der Waals surface area (Å²) in [6, 6.07) is 4.08. The third kappa shape index (κ3) is 5.06. The fraction of sp³-hybridized carbons (Fsp3) is 0.632. The fourth-order valence-corrected chi connectivity index (χ4v) is 2.80. The van der Waals surface area contributed by atoms with E-state index in [2.05, 4.69) is 34.4 Å². The number of aliphatic imine (C=N–C) groups is 1. The molecule has 7 heteroatoms. The lowest BCUT2D eigenvalue weighted by molar-refractivity contribution is 0.204. The van der Waals surface area contributed by atoms with Crippen LogP contribution in [0.3, 0.4) is 0 Å². The van der Waals surface area contributed by atoms with E-state index in [0.29, 0.717) is 19.6 Å². The number of nitrogens with zero attached hydrogens (tertiary/aromatic N) is 3. The molecule has 1 aromatic rings. The van der Waals surface area contributed by atoms with Crippen LogP contribution in [0.1, 0.15) is 27.2 Å². The van der Waals surface area contributed by atoms with Crippen LogP contribution in [0.25, 0.3) is 0 Å². The van der Waals surface area contributed by atoms with Crippen molar-refractivity contribution in [2.75, 3.05) is 45.2 Å². The zero-order chi connectivity index (χ0) is 19.3. The summed E-state index contributed by atoms with van der Waals surface area (Å²) >= 11 is 0. The van der Waals surface area contributed by atoms with Crippen molar-refractivity contribution in [3.63, 3.8) is 0 Å². The van der Waals surface area contributed by atoms with Gasteiger partial charge in [-0.2, -0.15) is 0 Å². The highest BCUT2D eigenvalue weighted by Gasteiger charge is 2.27. The van der Waals surface area contributed by atoms with E-state index in [9.17, 15) is 8.78 Å². The molecule has 1 atom stereocenters. The quantitative estimate of drug-likeness (QED) is 0.599. The normalized spacial score (nSPS) is 18.5. The molecule has 2 N–H and O–H groups in total. The number of nitrogens with one attached hydrogen (secondary N) is 2. The maximum atomic E-state index is 14.0. The summed E-state index contributed by atoms with van der Waals surface area (Å²) in [4.78, 5) is 8.59. The maximum absolute atomic E-state index is 14.0. The van der Waals surface area contributed by atoms with Gasteiger partial charge >= 0.3 is 0 Å². The van der Waals surface area contributed by atoms with E-state index in [1.807, 2.05) is 21.0 Å². The van der Waals surface area contributed by atoms with Crippen LogP contribution in [0.4, 0.5) is 14.5 Å². The highest BCUT2D eigenvalue weighted by atomic mass is 19.1. The highest BCUT2D eigenvalue weighted by molar-refractivity contribution is 5.80. The summed E-state index contributed by atoms with van der Waals surface area (Å²) < 4.78 is 28.0. The molecule has 1 saturated heterocycles. The van der Waals surface area contributed by atoms with Crippen molar-refractivity contribution in [3.8, 4) is 0 Å². The molecule has 1 aliphatic rings. The zero-order valence-electron chi connectivity index (χ0n) is 16.4. The Hall–Kier alpha value is -1.89. The third-order valence-electron chi connectivity index (χ3n) is 4.96. The first kappa shape index (κ1) is 20.4. The van der Waals surface area contributed by atoms with Gasteiger partial charge in [0.15, 0.2) is 5.96 Å². The number of hydrogen-bond donors (Lipinski definition) is 2. The molecule has 1 fully saturated rings. The maximum Gasteiger partial charge on any atom is 0.191 e. The largest absolute Gasteiger partial charge is 0.365 e. The van der Waals surface area contributed by atoms with Crippen molar-refractivity contribution in [2.24, 2.45) is 4.99 Å². The van der Waals surface area contributed by atoms with Crippen molar-refractivity contribution < 1.29 is 8.78 Å². The van der Waals surface area contributed by atoms with Crippen LogP contribution in [0, 0.1) is 11.6 Å². The smallest absolute Gasteiger partial charge is 0.191 e. The van der Waals surface area contributed by atoms with Crippen LogP contribution in [0.2, 0.25) is 0 Å². The Morgan fingerprint density at radius 2 is 1.96 bits per heavy atom. The Balaban J connectivity index is 2.02. The second-order valence-corrected chi connectivity index (χ2v) is 7.55. The highest BCUT2D eigenvalue weighted by Crippen LogP contribution is 2.26. The van der Waals surface area contributed by atoms with Crippen molar-refractivity contribution in [1.82, 2.24) is 15.5 Å². The minimum Gasteiger partial charge on any atom is -0.365 e. The molecule has 146 valence electrons. The zero-order valence-corrected chi connectivity index (χ0v) is 16.4. The minimum absolute atomic E-state index is 0.0552. The SMILES string of the molecule is CCNC(=NCC(C)(C)N(C)C)NC1CCN(c2c(F)cccc2F)C1. The number of hydrogen-bond acceptors (Lipinski definition) is 3. The number of halogens is 2. The molecule has 0 spiro atoms. The first-order valence-corrected chi connectivity index (χ1v) is 9.16. The average molecular weight is 367 g/mol. The first-order valence-electron chi connectivity index (χ1n) is 9.16. The number of benzene rings is 1. The van der Waals surface area contributed by atoms with Gasteiger partial charge in [-0.1, -0.05) is 6.07 Å². The fourth-order valence-electron chi connectivity index (χ4n) is 2.80. The van der Waals surface area contributed by atoms with Crippen LogP contribution in [0.5, 0.6) is 0 Å². The molecule has 0 aromatic heterocycles. The van der Waals surface area contributed by atoms with Crippen LogP contribution in [-0.2, 0) is 0 Å². The monoisotopic (exact) mass is 367 g/mol. The Labute approximate surface area is 155 Å². The van der Waals surface area contributed by atoms with Crippen LogP contribution >= 0.6 is 0 Å². The summed E-state index contributed by atoms with van der Waals surface area (Å²) in [5.41, 5.74) is 0.00728. The summed E-state index contributed by atoms with van der Waals surface area (Å²) in [6.07, 6.45) is 0.801. The molecule has 2 rings (SSSR count). The average Bonchev–Trinajstić information content (AvgIpc) is 3.01. The van der Waals surface area contributed by atoms with Gasteiger partial charge in [0.1, 0.15) is 17.3 Å². The molecule has 1 aromatic carbocycles. The molecule has 0 amide bonds. The van der Waals surface area contributed by atoms with Gasteiger partial charge in [0.05, 0.1) is 6.54 Å². The van der Waals surface area contributed by atoms with Crippen LogP contribution in [0.15, 0.2) is 23.2 Å². The van der Waals surface area contributed by atoms with E-state index in [1.54, 1.807) is 4.90 Å². The Bertz CT molecular complexity index is 610. The molecule has 26 heavy (non-hydrogen) atoms. The lowest BCUT2D eigenvalue weighted by Gasteiger charge is -2.31. The van der Waals surface area contributed by atoms with E-state index in [0.717, 1.165) is 18.9 Å². The van der Waals surface area contributed by atoms with E-state index in [4.69, 9.17) is 0 Å². The molecular weight excluding hydrogens is 336 g/mol. The van der Waals surface area contributed by atoms with Gasteiger partial charge in [-0.05, 0) is 53.4 Å². The first-order chi connectivity index (χ1) is 12.2. The summed E-state index contributed by atoms with van der Waals surface area (Å²) in [7, 11) is 4.07. The van der Waals surface area contributed by atoms with Gasteiger partial charge in [0.2, 0.25) is 0 Å². The number of para-hydroxylation sites is 1. The third-order valence-corrected chi connectivity index (χ3v) is 4.96. The lowest BCUT2D eigenvalue weighted by atomic mass is 10.1. The lowest BCUT2D eigenvalue weighted by Crippen LogP contribution is -2.47. The van der Waals surface area contributed by atoms with Gasteiger partial charge in [0, 0.05) is 31.2 Å². The van der Waals surface area contributed by atoms with Gasteiger partial charge < -0.3 is 20.4 Å². The minimum atomic E-state index is -0.515. The second-order valence-electron chi connectivity index (χ2n) is 7.55. The molecule has 5 nitrogen and oxygen atoms in total. The number of anilines is 1. The van der Waals surface area contributed by atoms with Crippen molar-refractivity contribution in [2.45, 2.75) is 38.8 Å². The Morgan fingerprint density at radius 1 is 1.31 bits per heavy atom. The molecule has 1 aliphatic heterocycles. The predicted molar refractivity (Wildman–Crippen MR) is 104 cm³/mol. The van der Waals surface area contributed by atoms with E-state index in [1.165, 1.54) is 18.2 Å². The molecule has 1 unspecified atom stereocenters. The van der Waals surface area contributed by atoms with Crippen molar-refractivity contribution in [1.29, 1.82) is 0 Å². The summed E-state index contributed by atoms with van der Waals surface area (Å²) in [5.74, 6) is -0.291. The van der Waals surface area contributed by atoms with E-state index >= 15 is 0 Å². The van der Waals surface area contributed by atoms with Gasteiger partial charge in [-0.15, -0.1) is 0 Å². The molecule has 1 heterocycles. The Morgan fingerprint density at radius 3 is 2.54 bits per heavy atom.